The first-order valence-corrected chi connectivity index (χ1v) is 8.41. The van der Waals surface area contributed by atoms with Crippen molar-refractivity contribution in [1.29, 1.82) is 0 Å². The fourth-order valence-electron chi connectivity index (χ4n) is 2.31. The van der Waals surface area contributed by atoms with Gasteiger partial charge < -0.3 is 4.57 Å². The molecule has 2 aromatic carbocycles. The Morgan fingerprint density at radius 1 is 0.864 bits per heavy atom. The van der Waals surface area contributed by atoms with Crippen LogP contribution in [0.25, 0.3) is 5.69 Å². The van der Waals surface area contributed by atoms with E-state index < -0.39 is 15.7 Å². The molecule has 0 aliphatic heterocycles. The van der Waals surface area contributed by atoms with Crippen molar-refractivity contribution in [1.82, 2.24) is 4.57 Å². The van der Waals surface area contributed by atoms with E-state index in [2.05, 4.69) is 0 Å². The van der Waals surface area contributed by atoms with Crippen LogP contribution in [0.1, 0.15) is 5.56 Å². The third-order valence-corrected chi connectivity index (χ3v) is 5.07. The van der Waals surface area contributed by atoms with Crippen molar-refractivity contribution in [2.45, 2.75) is 10.6 Å². The Morgan fingerprint density at radius 2 is 1.50 bits per heavy atom. The highest BCUT2D eigenvalue weighted by Gasteiger charge is 2.17. The van der Waals surface area contributed by atoms with Crippen LogP contribution in [-0.2, 0) is 15.6 Å². The summed E-state index contributed by atoms with van der Waals surface area (Å²) in [5, 5.41) is 0. The summed E-state index contributed by atoms with van der Waals surface area (Å²) in [7, 11) is -3.52. The fraction of sp³-hybridized carbons (Fsp3) is 0.0588. The first kappa shape index (κ1) is 14.5. The molecule has 0 spiro atoms. The van der Waals surface area contributed by atoms with Crippen molar-refractivity contribution in [3.05, 3.63) is 84.4 Å². The van der Waals surface area contributed by atoms with Gasteiger partial charge in [0.25, 0.3) is 0 Å². The zero-order valence-corrected chi connectivity index (χ0v) is 12.5. The normalized spacial score (nSPS) is 11.5. The maximum absolute atomic E-state index is 13.0. The Labute approximate surface area is 128 Å². The van der Waals surface area contributed by atoms with Crippen LogP contribution in [0, 0.1) is 5.82 Å². The summed E-state index contributed by atoms with van der Waals surface area (Å²) in [5.74, 6) is -0.584. The predicted molar refractivity (Wildman–Crippen MR) is 83.1 cm³/mol. The zero-order valence-electron chi connectivity index (χ0n) is 11.7. The van der Waals surface area contributed by atoms with Crippen LogP contribution >= 0.6 is 0 Å². The number of nitrogens with zero attached hydrogens (tertiary/aromatic N) is 1. The number of para-hydroxylation sites is 1. The summed E-state index contributed by atoms with van der Waals surface area (Å²) in [5.41, 5.74) is 1.52. The molecule has 0 saturated carbocycles. The van der Waals surface area contributed by atoms with Gasteiger partial charge in [0.15, 0.2) is 9.84 Å². The summed E-state index contributed by atoms with van der Waals surface area (Å²) >= 11 is 0. The highest BCUT2D eigenvalue weighted by molar-refractivity contribution is 7.90. The molecule has 0 amide bonds. The summed E-state index contributed by atoms with van der Waals surface area (Å²) in [6.07, 6.45) is 3.73. The lowest BCUT2D eigenvalue weighted by Crippen LogP contribution is -2.07. The number of hydrogen-bond acceptors (Lipinski definition) is 2. The molecule has 0 fully saturated rings. The maximum atomic E-state index is 13.0. The smallest absolute Gasteiger partial charge is 0.182 e. The highest BCUT2D eigenvalue weighted by Crippen LogP contribution is 2.21. The Bertz CT molecular complexity index is 869. The summed E-state index contributed by atoms with van der Waals surface area (Å²) < 4.78 is 39.8. The van der Waals surface area contributed by atoms with Gasteiger partial charge in [-0.2, -0.15) is 0 Å². The third kappa shape index (κ3) is 2.94. The minimum absolute atomic E-state index is 0.121. The van der Waals surface area contributed by atoms with E-state index in [1.807, 2.05) is 47.3 Å². The van der Waals surface area contributed by atoms with Gasteiger partial charge in [0.05, 0.1) is 10.6 Å². The second-order valence-electron chi connectivity index (χ2n) is 4.93. The molecular weight excluding hydrogens is 301 g/mol. The van der Waals surface area contributed by atoms with Crippen molar-refractivity contribution < 1.29 is 12.8 Å². The number of sulfone groups is 1. The summed E-state index contributed by atoms with van der Waals surface area (Å²) in [6.45, 7) is 0. The second-order valence-corrected chi connectivity index (χ2v) is 6.92. The molecule has 0 aliphatic carbocycles. The summed E-state index contributed by atoms with van der Waals surface area (Å²) in [6, 6.07) is 16.0. The second kappa shape index (κ2) is 5.77. The van der Waals surface area contributed by atoms with Crippen molar-refractivity contribution >= 4 is 9.84 Å². The van der Waals surface area contributed by atoms with Crippen LogP contribution in [0.5, 0.6) is 0 Å². The standard InChI is InChI=1S/C17H14FNO2S/c18-15-7-9-16(10-8-15)22(20,21)13-14-5-1-2-6-17(14)19-11-3-4-12-19/h1-12H,13H2. The molecule has 0 atom stereocenters. The van der Waals surface area contributed by atoms with Gasteiger partial charge in [0, 0.05) is 18.1 Å². The first-order valence-electron chi connectivity index (χ1n) is 6.76. The van der Waals surface area contributed by atoms with Crippen LogP contribution in [0.2, 0.25) is 0 Å². The molecule has 0 saturated heterocycles. The molecule has 0 N–H and O–H groups in total. The topological polar surface area (TPSA) is 39.1 Å². The number of aromatic nitrogens is 1. The minimum atomic E-state index is -3.52. The molecule has 112 valence electrons. The van der Waals surface area contributed by atoms with Gasteiger partial charge in [-0.05, 0) is 48.0 Å². The van der Waals surface area contributed by atoms with Gasteiger partial charge in [-0.1, -0.05) is 18.2 Å². The number of halogens is 1. The van der Waals surface area contributed by atoms with Gasteiger partial charge in [-0.25, -0.2) is 12.8 Å². The van der Waals surface area contributed by atoms with E-state index in [0.717, 1.165) is 17.8 Å². The molecule has 5 heteroatoms. The van der Waals surface area contributed by atoms with E-state index >= 15 is 0 Å². The average molecular weight is 315 g/mol. The predicted octanol–water partition coefficient (Wildman–Crippen LogP) is 3.59. The number of benzene rings is 2. The van der Waals surface area contributed by atoms with E-state index in [9.17, 15) is 12.8 Å². The van der Waals surface area contributed by atoms with Crippen molar-refractivity contribution in [3.63, 3.8) is 0 Å². The quantitative estimate of drug-likeness (QED) is 0.690. The zero-order chi connectivity index (χ0) is 15.6. The van der Waals surface area contributed by atoms with E-state index in [-0.39, 0.29) is 10.6 Å². The van der Waals surface area contributed by atoms with Gasteiger partial charge in [0.2, 0.25) is 0 Å². The molecule has 3 aromatic rings. The molecule has 1 aromatic heterocycles. The molecular formula is C17H14FNO2S. The number of rotatable bonds is 4. The lowest BCUT2D eigenvalue weighted by atomic mass is 10.2. The lowest BCUT2D eigenvalue weighted by molar-refractivity contribution is 0.594. The average Bonchev–Trinajstić information content (AvgIpc) is 3.02. The van der Waals surface area contributed by atoms with Gasteiger partial charge in [0.1, 0.15) is 5.82 Å². The van der Waals surface area contributed by atoms with Gasteiger partial charge in [-0.15, -0.1) is 0 Å². The molecule has 3 nitrogen and oxygen atoms in total. The highest BCUT2D eigenvalue weighted by atomic mass is 32.2. The molecule has 0 aliphatic rings. The summed E-state index contributed by atoms with van der Waals surface area (Å²) in [4.78, 5) is 0.121. The largest absolute Gasteiger partial charge is 0.324 e. The molecule has 0 radical (unpaired) electrons. The molecule has 0 unspecified atom stereocenters. The fourth-order valence-corrected chi connectivity index (χ4v) is 3.68. The van der Waals surface area contributed by atoms with Gasteiger partial charge >= 0.3 is 0 Å². The van der Waals surface area contributed by atoms with Crippen LogP contribution in [0.4, 0.5) is 4.39 Å². The van der Waals surface area contributed by atoms with Crippen LogP contribution in [0.15, 0.2) is 78.0 Å². The Morgan fingerprint density at radius 3 is 2.18 bits per heavy atom. The van der Waals surface area contributed by atoms with Crippen molar-refractivity contribution in [2.24, 2.45) is 0 Å². The molecule has 0 bridgehead atoms. The van der Waals surface area contributed by atoms with Crippen molar-refractivity contribution in [3.8, 4) is 5.69 Å². The molecule has 3 rings (SSSR count). The monoisotopic (exact) mass is 315 g/mol. The minimum Gasteiger partial charge on any atom is -0.324 e. The van der Waals surface area contributed by atoms with Crippen LogP contribution in [0.3, 0.4) is 0 Å². The lowest BCUT2D eigenvalue weighted by Gasteiger charge is -2.11. The third-order valence-electron chi connectivity index (χ3n) is 3.39. The number of hydrogen-bond donors (Lipinski definition) is 0. The van der Waals surface area contributed by atoms with E-state index in [1.54, 1.807) is 6.07 Å². The molecule has 22 heavy (non-hydrogen) atoms. The van der Waals surface area contributed by atoms with Gasteiger partial charge in [-0.3, -0.25) is 0 Å². The Kier molecular flexibility index (Phi) is 3.81. The first-order chi connectivity index (χ1) is 10.6. The van der Waals surface area contributed by atoms with Crippen LogP contribution in [-0.4, -0.2) is 13.0 Å². The van der Waals surface area contributed by atoms with E-state index in [0.29, 0.717) is 5.56 Å². The SMILES string of the molecule is O=S(=O)(Cc1ccccc1-n1cccc1)c1ccc(F)cc1. The van der Waals surface area contributed by atoms with Crippen LogP contribution < -0.4 is 0 Å². The van der Waals surface area contributed by atoms with E-state index in [1.165, 1.54) is 12.1 Å². The van der Waals surface area contributed by atoms with Crippen molar-refractivity contribution in [2.75, 3.05) is 0 Å². The van der Waals surface area contributed by atoms with E-state index in [4.69, 9.17) is 0 Å². The molecule has 1 heterocycles. The Balaban J connectivity index is 1.98. The Hall–Kier alpha value is -2.40. The maximum Gasteiger partial charge on any atom is 0.182 e.